The van der Waals surface area contributed by atoms with Gasteiger partial charge in [0.1, 0.15) is 17.3 Å². The lowest BCUT2D eigenvalue weighted by molar-refractivity contribution is -0.291. The Labute approximate surface area is 178 Å². The van der Waals surface area contributed by atoms with Gasteiger partial charge >= 0.3 is 12.1 Å². The van der Waals surface area contributed by atoms with Crippen LogP contribution in [0.1, 0.15) is 28.6 Å². The van der Waals surface area contributed by atoms with Gasteiger partial charge in [0.25, 0.3) is 0 Å². The van der Waals surface area contributed by atoms with Gasteiger partial charge in [-0.2, -0.15) is 42.1 Å². The number of rotatable bonds is 3. The van der Waals surface area contributed by atoms with Crippen molar-refractivity contribution in [3.05, 3.63) is 70.5 Å². The molecule has 3 heterocycles. The summed E-state index contributed by atoms with van der Waals surface area (Å²) in [7, 11) is 1.57. The zero-order valence-electron chi connectivity index (χ0n) is 16.7. The number of fused-ring (bicyclic) bond motifs is 1. The molecule has 0 radical (unpaired) electrons. The predicted molar refractivity (Wildman–Crippen MR) is 101 cm³/mol. The van der Waals surface area contributed by atoms with Gasteiger partial charge in [0.05, 0.1) is 22.9 Å². The molecule has 3 aromatic rings. The first-order valence-electron chi connectivity index (χ1n) is 9.18. The number of benzene rings is 1. The Morgan fingerprint density at radius 2 is 1.78 bits per heavy atom. The van der Waals surface area contributed by atoms with Crippen molar-refractivity contribution in [2.75, 3.05) is 0 Å². The maximum atomic E-state index is 14.7. The molecule has 0 saturated carbocycles. The molecule has 1 aromatic carbocycles. The van der Waals surface area contributed by atoms with Gasteiger partial charge in [0, 0.05) is 12.7 Å². The molecule has 1 unspecified atom stereocenters. The lowest BCUT2D eigenvalue weighted by Crippen LogP contribution is -2.36. The third-order valence-corrected chi connectivity index (χ3v) is 5.13. The molecule has 1 aliphatic rings. The number of aryl methyl sites for hydroxylation is 2. The number of nitrogens with two attached hydrogens (primary N) is 1. The Balaban J connectivity index is 2.09. The Hall–Kier alpha value is -3.88. The van der Waals surface area contributed by atoms with E-state index < -0.39 is 41.0 Å². The molecule has 1 aliphatic heterocycles. The van der Waals surface area contributed by atoms with Gasteiger partial charge in [-0.3, -0.25) is 4.68 Å². The number of para-hydroxylation sites is 1. The summed E-state index contributed by atoms with van der Waals surface area (Å²) in [5.74, 6) is -7.66. The normalized spacial score (nSPS) is 16.5. The van der Waals surface area contributed by atoms with Crippen LogP contribution in [0.4, 0.5) is 22.0 Å². The van der Waals surface area contributed by atoms with Crippen molar-refractivity contribution >= 4 is 0 Å². The number of alkyl halides is 5. The summed E-state index contributed by atoms with van der Waals surface area (Å²) in [4.78, 5) is 0. The second-order valence-electron chi connectivity index (χ2n) is 7.15. The van der Waals surface area contributed by atoms with Crippen molar-refractivity contribution in [1.29, 1.82) is 5.26 Å². The molecule has 32 heavy (non-hydrogen) atoms. The maximum absolute atomic E-state index is 14.7. The van der Waals surface area contributed by atoms with Crippen molar-refractivity contribution in [2.45, 2.75) is 24.9 Å². The fourth-order valence-corrected chi connectivity index (χ4v) is 3.47. The minimum Gasteiger partial charge on any atom is -0.422 e. The SMILES string of the molecule is Cc1cc(C2C(C#N)=C(N)Oc3c2c(C(F)(F)C(F)(F)F)nn3-c2ccccc2)nn1C. The molecule has 0 bridgehead atoms. The van der Waals surface area contributed by atoms with E-state index >= 15 is 0 Å². The van der Waals surface area contributed by atoms with E-state index in [9.17, 15) is 27.2 Å². The summed E-state index contributed by atoms with van der Waals surface area (Å²) in [6.45, 7) is 1.66. The summed E-state index contributed by atoms with van der Waals surface area (Å²) in [5.41, 5.74) is 4.13. The molecule has 0 spiro atoms. The second-order valence-corrected chi connectivity index (χ2v) is 7.15. The molecule has 0 aliphatic carbocycles. The first kappa shape index (κ1) is 21.4. The number of allylic oxidation sites excluding steroid dienone is 1. The molecule has 0 saturated heterocycles. The maximum Gasteiger partial charge on any atom is 0.459 e. The van der Waals surface area contributed by atoms with E-state index in [0.29, 0.717) is 5.69 Å². The zero-order chi connectivity index (χ0) is 23.4. The highest BCUT2D eigenvalue weighted by Crippen LogP contribution is 2.52. The van der Waals surface area contributed by atoms with Crippen LogP contribution in [0.15, 0.2) is 47.9 Å². The average Bonchev–Trinajstić information content (AvgIpc) is 3.27. The molecule has 2 N–H and O–H groups in total. The molecular formula is C20H15F5N6O. The molecule has 2 aromatic heterocycles. The van der Waals surface area contributed by atoms with E-state index in [1.807, 2.05) is 0 Å². The molecular weight excluding hydrogens is 435 g/mol. The van der Waals surface area contributed by atoms with Gasteiger partial charge in [0.15, 0.2) is 0 Å². The van der Waals surface area contributed by atoms with E-state index in [4.69, 9.17) is 10.5 Å². The summed E-state index contributed by atoms with van der Waals surface area (Å²) in [6.07, 6.45) is -5.94. The summed E-state index contributed by atoms with van der Waals surface area (Å²) >= 11 is 0. The second kappa shape index (κ2) is 7.08. The topological polar surface area (TPSA) is 94.7 Å². The van der Waals surface area contributed by atoms with Crippen LogP contribution in [0.2, 0.25) is 0 Å². The van der Waals surface area contributed by atoms with Crippen LogP contribution in [0.25, 0.3) is 5.69 Å². The highest BCUT2D eigenvalue weighted by molar-refractivity contribution is 5.57. The van der Waals surface area contributed by atoms with E-state index in [-0.39, 0.29) is 17.0 Å². The Morgan fingerprint density at radius 3 is 2.31 bits per heavy atom. The minimum atomic E-state index is -5.94. The summed E-state index contributed by atoms with van der Waals surface area (Å²) in [6, 6.07) is 10.9. The van der Waals surface area contributed by atoms with Crippen LogP contribution in [0.3, 0.4) is 0 Å². The van der Waals surface area contributed by atoms with Gasteiger partial charge in [-0.1, -0.05) is 18.2 Å². The van der Waals surface area contributed by atoms with Gasteiger partial charge in [-0.15, -0.1) is 0 Å². The number of ether oxygens (including phenoxy) is 1. The van der Waals surface area contributed by atoms with Gasteiger partial charge in [0.2, 0.25) is 11.8 Å². The number of hydrogen-bond donors (Lipinski definition) is 1. The first-order valence-corrected chi connectivity index (χ1v) is 9.18. The quantitative estimate of drug-likeness (QED) is 0.613. The third-order valence-electron chi connectivity index (χ3n) is 5.13. The van der Waals surface area contributed by atoms with Crippen molar-refractivity contribution in [3.63, 3.8) is 0 Å². The standard InChI is InChI=1S/C20H15F5N6O/c1-10-8-13(28-30(10)2)14-12(9-26)17(27)32-18-15(14)16(19(21,22)20(23,24)25)29-31(18)11-6-4-3-5-7-11/h3-8,14H,27H2,1-2H3. The van der Waals surface area contributed by atoms with Crippen LogP contribution in [0.5, 0.6) is 5.88 Å². The molecule has 12 heteroatoms. The van der Waals surface area contributed by atoms with E-state index in [2.05, 4.69) is 10.2 Å². The number of aromatic nitrogens is 4. The molecule has 1 atom stereocenters. The Kier molecular flexibility index (Phi) is 4.73. The Morgan fingerprint density at radius 1 is 1.12 bits per heavy atom. The van der Waals surface area contributed by atoms with Gasteiger partial charge in [-0.05, 0) is 25.1 Å². The van der Waals surface area contributed by atoms with E-state index in [0.717, 1.165) is 4.68 Å². The predicted octanol–water partition coefficient (Wildman–Crippen LogP) is 3.79. The largest absolute Gasteiger partial charge is 0.459 e. The van der Waals surface area contributed by atoms with Crippen LogP contribution >= 0.6 is 0 Å². The van der Waals surface area contributed by atoms with Crippen LogP contribution in [-0.2, 0) is 13.0 Å². The van der Waals surface area contributed by atoms with Crippen LogP contribution < -0.4 is 10.5 Å². The lowest BCUT2D eigenvalue weighted by Gasteiger charge is -2.25. The highest BCUT2D eigenvalue weighted by atomic mass is 19.4. The number of nitriles is 1. The van der Waals surface area contributed by atoms with Crippen molar-refractivity contribution < 1.29 is 26.7 Å². The number of nitrogens with zero attached hydrogens (tertiary/aromatic N) is 5. The summed E-state index contributed by atoms with van der Waals surface area (Å²) < 4.78 is 77.1. The monoisotopic (exact) mass is 450 g/mol. The molecule has 7 nitrogen and oxygen atoms in total. The van der Waals surface area contributed by atoms with Gasteiger partial charge in [-0.25, -0.2) is 0 Å². The zero-order valence-corrected chi connectivity index (χ0v) is 16.7. The smallest absolute Gasteiger partial charge is 0.422 e. The Bertz CT molecular complexity index is 1250. The van der Waals surface area contributed by atoms with Gasteiger partial charge < -0.3 is 10.5 Å². The molecule has 166 valence electrons. The van der Waals surface area contributed by atoms with Crippen molar-refractivity contribution in [3.8, 4) is 17.6 Å². The van der Waals surface area contributed by atoms with Crippen LogP contribution in [0, 0.1) is 18.3 Å². The summed E-state index contributed by atoms with van der Waals surface area (Å²) in [5, 5.41) is 17.4. The highest BCUT2D eigenvalue weighted by Gasteiger charge is 2.63. The van der Waals surface area contributed by atoms with Crippen molar-refractivity contribution in [1.82, 2.24) is 19.6 Å². The van der Waals surface area contributed by atoms with E-state index in [1.54, 1.807) is 38.2 Å². The fraction of sp³-hybridized carbons (Fsp3) is 0.250. The first-order chi connectivity index (χ1) is 15.0. The molecule has 0 fully saturated rings. The number of hydrogen-bond acceptors (Lipinski definition) is 5. The van der Waals surface area contributed by atoms with E-state index in [1.165, 1.54) is 22.9 Å². The fourth-order valence-electron chi connectivity index (χ4n) is 3.47. The van der Waals surface area contributed by atoms with Crippen LogP contribution in [-0.4, -0.2) is 25.7 Å². The molecule has 0 amide bonds. The molecule has 4 rings (SSSR count). The minimum absolute atomic E-state index is 0.0564. The average molecular weight is 450 g/mol. The van der Waals surface area contributed by atoms with Crippen molar-refractivity contribution in [2.24, 2.45) is 12.8 Å². The lowest BCUT2D eigenvalue weighted by atomic mass is 9.86. The number of halogens is 5. The third kappa shape index (κ3) is 3.08.